The molecule has 68 valence electrons. The zero-order chi connectivity index (χ0) is 9.42. The van der Waals surface area contributed by atoms with Crippen molar-refractivity contribution in [3.63, 3.8) is 0 Å². The Hall–Kier alpha value is -2.05. The van der Waals surface area contributed by atoms with Gasteiger partial charge in [0.2, 0.25) is 0 Å². The molecule has 2 rings (SSSR count). The van der Waals surface area contributed by atoms with Crippen LogP contribution in [-0.2, 0) is 0 Å². The molecule has 4 N–H and O–H groups in total. The van der Waals surface area contributed by atoms with Crippen LogP contribution in [0.2, 0.25) is 0 Å². The molecule has 7 heteroatoms. The number of nitrogens with one attached hydrogen (secondary N) is 2. The fourth-order valence-corrected chi connectivity index (χ4v) is 1.11. The molecule has 2 aromatic rings. The zero-order valence-electron chi connectivity index (χ0n) is 6.90. The first-order valence-corrected chi connectivity index (χ1v) is 3.54. The van der Waals surface area contributed by atoms with Crippen molar-refractivity contribution < 1.29 is 4.84 Å². The van der Waals surface area contributed by atoms with Gasteiger partial charge in [-0.25, -0.2) is 4.98 Å². The highest BCUT2D eigenvalue weighted by atomic mass is 16.6. The number of fused-ring (bicyclic) bond motifs is 1. The number of nitrogens with zero attached hydrogens (tertiary/aromatic N) is 3. The second kappa shape index (κ2) is 2.47. The zero-order valence-corrected chi connectivity index (χ0v) is 6.90. The van der Waals surface area contributed by atoms with E-state index in [4.69, 9.17) is 16.0 Å². The molecule has 0 atom stereocenters. The van der Waals surface area contributed by atoms with Gasteiger partial charge >= 0.3 is 0 Å². The lowest BCUT2D eigenvalue weighted by molar-refractivity contribution is 0.156. The second-order valence-corrected chi connectivity index (χ2v) is 2.40. The lowest BCUT2D eigenvalue weighted by atomic mass is 10.5. The molecular formula is C6H8N6O. The Morgan fingerprint density at radius 1 is 1.69 bits per heavy atom. The summed E-state index contributed by atoms with van der Waals surface area (Å²) in [5.74, 6) is 0.287. The Bertz CT molecular complexity index is 497. The molecule has 2 heterocycles. The topological polar surface area (TPSA) is 106 Å². The van der Waals surface area contributed by atoms with Crippen LogP contribution in [0.1, 0.15) is 0 Å². The number of aromatic nitrogens is 4. The Morgan fingerprint density at radius 3 is 3.15 bits per heavy atom. The van der Waals surface area contributed by atoms with E-state index in [9.17, 15) is 0 Å². The number of imidazole rings is 1. The second-order valence-electron chi connectivity index (χ2n) is 2.40. The van der Waals surface area contributed by atoms with E-state index in [0.29, 0.717) is 11.2 Å². The third-order valence-corrected chi connectivity index (χ3v) is 1.68. The van der Waals surface area contributed by atoms with Crippen molar-refractivity contribution in [2.24, 2.45) is 0 Å². The van der Waals surface area contributed by atoms with E-state index in [1.54, 1.807) is 0 Å². The van der Waals surface area contributed by atoms with Crippen LogP contribution in [0.15, 0.2) is 6.33 Å². The summed E-state index contributed by atoms with van der Waals surface area (Å²) in [7, 11) is 1.41. The van der Waals surface area contributed by atoms with E-state index >= 15 is 0 Å². The maximum Gasteiger partial charge on any atom is 0.259 e. The highest BCUT2D eigenvalue weighted by Crippen LogP contribution is 2.10. The summed E-state index contributed by atoms with van der Waals surface area (Å²) in [4.78, 5) is 15.4. The van der Waals surface area contributed by atoms with Crippen LogP contribution < -0.4 is 16.2 Å². The minimum absolute atomic E-state index is 0.0837. The lowest BCUT2D eigenvalue weighted by Gasteiger charge is -2.06. The van der Waals surface area contributed by atoms with Gasteiger partial charge < -0.3 is 15.6 Å². The predicted octanol–water partition coefficient (Wildman–Crippen LogP) is -1.12. The van der Waals surface area contributed by atoms with Crippen LogP contribution in [0, 0.1) is 5.41 Å². The van der Waals surface area contributed by atoms with Crippen LogP contribution in [0.5, 0.6) is 0 Å². The summed E-state index contributed by atoms with van der Waals surface area (Å²) in [6.07, 6.45) is 1.47. The van der Waals surface area contributed by atoms with Gasteiger partial charge in [-0.3, -0.25) is 5.41 Å². The molecule has 0 aliphatic rings. The largest absolute Gasteiger partial charge is 0.412 e. The lowest BCUT2D eigenvalue weighted by Crippen LogP contribution is -2.29. The van der Waals surface area contributed by atoms with Crippen LogP contribution in [0.4, 0.5) is 5.82 Å². The van der Waals surface area contributed by atoms with Gasteiger partial charge in [0.05, 0.1) is 6.33 Å². The van der Waals surface area contributed by atoms with Gasteiger partial charge in [0.1, 0.15) is 12.6 Å². The molecule has 0 radical (unpaired) electrons. The number of anilines is 1. The molecule has 0 aromatic carbocycles. The summed E-state index contributed by atoms with van der Waals surface area (Å²) in [5.41, 5.74) is 6.58. The number of hydrogen-bond donors (Lipinski definition) is 3. The number of aromatic amines is 1. The molecule has 0 spiro atoms. The first kappa shape index (κ1) is 7.59. The van der Waals surface area contributed by atoms with Crippen molar-refractivity contribution in [3.05, 3.63) is 11.9 Å². The van der Waals surface area contributed by atoms with E-state index in [2.05, 4.69) is 15.0 Å². The first-order chi connectivity index (χ1) is 6.24. The first-order valence-electron chi connectivity index (χ1n) is 3.54. The summed E-state index contributed by atoms with van der Waals surface area (Å²) in [5, 5.41) is 7.43. The number of H-pyrrole nitrogens is 1. The van der Waals surface area contributed by atoms with Gasteiger partial charge in [-0.1, -0.05) is 0 Å². The van der Waals surface area contributed by atoms with Crippen LogP contribution in [0.3, 0.4) is 0 Å². The van der Waals surface area contributed by atoms with Crippen molar-refractivity contribution in [1.29, 1.82) is 5.41 Å². The van der Waals surface area contributed by atoms with E-state index in [0.717, 1.165) is 4.73 Å². The minimum atomic E-state index is -0.0837. The van der Waals surface area contributed by atoms with Gasteiger partial charge in [-0.2, -0.15) is 4.98 Å². The molecule has 0 bridgehead atoms. The molecule has 7 nitrogen and oxygen atoms in total. The molecule has 0 aliphatic carbocycles. The van der Waals surface area contributed by atoms with E-state index in [-0.39, 0.29) is 11.4 Å². The van der Waals surface area contributed by atoms with E-state index in [1.165, 1.54) is 13.4 Å². The Morgan fingerprint density at radius 2 is 2.46 bits per heavy atom. The van der Waals surface area contributed by atoms with Crippen LogP contribution in [-0.4, -0.2) is 26.8 Å². The number of nitrogen functional groups attached to an aromatic ring is 1. The van der Waals surface area contributed by atoms with Crippen LogP contribution >= 0.6 is 0 Å². The monoisotopic (exact) mass is 180 g/mol. The SMILES string of the molecule is COn1c(N)c2[nH]cnc2nc1=N. The van der Waals surface area contributed by atoms with Crippen molar-refractivity contribution in [3.8, 4) is 0 Å². The molecule has 0 saturated heterocycles. The molecule has 0 fully saturated rings. The van der Waals surface area contributed by atoms with Gasteiger partial charge in [0.25, 0.3) is 5.62 Å². The van der Waals surface area contributed by atoms with Crippen molar-refractivity contribution in [2.75, 3.05) is 12.8 Å². The third-order valence-electron chi connectivity index (χ3n) is 1.68. The molecule has 0 aliphatic heterocycles. The van der Waals surface area contributed by atoms with Crippen molar-refractivity contribution in [2.45, 2.75) is 0 Å². The van der Waals surface area contributed by atoms with Crippen molar-refractivity contribution >= 4 is 17.0 Å². The maximum absolute atomic E-state index is 7.43. The summed E-state index contributed by atoms with van der Waals surface area (Å²) >= 11 is 0. The predicted molar refractivity (Wildman–Crippen MR) is 44.6 cm³/mol. The summed E-state index contributed by atoms with van der Waals surface area (Å²) in [6.45, 7) is 0. The number of nitrogens with two attached hydrogens (primary N) is 1. The number of rotatable bonds is 1. The average Bonchev–Trinajstić information content (AvgIpc) is 2.53. The molecule has 0 saturated carbocycles. The Balaban J connectivity index is 2.93. The molecule has 13 heavy (non-hydrogen) atoms. The van der Waals surface area contributed by atoms with Crippen molar-refractivity contribution in [1.82, 2.24) is 19.7 Å². The molecule has 2 aromatic heterocycles. The maximum atomic E-state index is 7.43. The molecule has 0 unspecified atom stereocenters. The van der Waals surface area contributed by atoms with E-state index < -0.39 is 0 Å². The van der Waals surface area contributed by atoms with Gasteiger partial charge in [-0.05, 0) is 0 Å². The highest BCUT2D eigenvalue weighted by Gasteiger charge is 2.07. The Kier molecular flexibility index (Phi) is 1.44. The number of hydrogen-bond acceptors (Lipinski definition) is 5. The smallest absolute Gasteiger partial charge is 0.259 e. The van der Waals surface area contributed by atoms with Gasteiger partial charge in [0, 0.05) is 0 Å². The summed E-state index contributed by atoms with van der Waals surface area (Å²) < 4.78 is 1.11. The van der Waals surface area contributed by atoms with Crippen LogP contribution in [0.25, 0.3) is 11.2 Å². The fourth-order valence-electron chi connectivity index (χ4n) is 1.11. The highest BCUT2D eigenvalue weighted by molar-refractivity contribution is 5.80. The average molecular weight is 180 g/mol. The quantitative estimate of drug-likeness (QED) is 0.516. The summed E-state index contributed by atoms with van der Waals surface area (Å²) in [6, 6.07) is 0. The van der Waals surface area contributed by atoms with Gasteiger partial charge in [-0.15, -0.1) is 4.73 Å². The minimum Gasteiger partial charge on any atom is -0.412 e. The standard InChI is InChI=1S/C6H8N6O/c1-13-12-4(7)3-5(10-2-9-3)11-6(12)8/h2H,7H2,1H3,(H2,8,9,10,11). The molecule has 0 amide bonds. The normalized spacial score (nSPS) is 10.5. The van der Waals surface area contributed by atoms with E-state index in [1.807, 2.05) is 0 Å². The third kappa shape index (κ3) is 0.934. The Labute approximate surface area is 72.6 Å². The van der Waals surface area contributed by atoms with Gasteiger partial charge in [0.15, 0.2) is 11.5 Å². The molecular weight excluding hydrogens is 172 g/mol. The fraction of sp³-hybridized carbons (Fsp3) is 0.167.